The topological polar surface area (TPSA) is 27.7 Å². The summed E-state index contributed by atoms with van der Waals surface area (Å²) in [5, 5.41) is 4.16. The van der Waals surface area contributed by atoms with Crippen LogP contribution in [0.15, 0.2) is 30.3 Å². The Labute approximate surface area is 160 Å². The lowest BCUT2D eigenvalue weighted by atomic mass is 10.1. The smallest absolute Gasteiger partial charge is 0.168 e. The van der Waals surface area contributed by atoms with Crippen LogP contribution in [0.2, 0.25) is 0 Å². The quantitative estimate of drug-likeness (QED) is 0.306. The van der Waals surface area contributed by atoms with Crippen molar-refractivity contribution in [1.29, 1.82) is 0 Å². The summed E-state index contributed by atoms with van der Waals surface area (Å²) in [6, 6.07) is 10.1. The average Bonchev–Trinajstić information content (AvgIpc) is 2.62. The maximum absolute atomic E-state index is 5.88. The second kappa shape index (κ2) is 10.8. The van der Waals surface area contributed by atoms with Crippen LogP contribution in [0.4, 0.5) is 0 Å². The largest absolute Gasteiger partial charge is 0.494 e. The molecule has 2 rings (SSSR count). The molecule has 0 aliphatic carbocycles. The zero-order valence-electron chi connectivity index (χ0n) is 14.0. The van der Waals surface area contributed by atoms with E-state index < -0.39 is 0 Å². The second-order valence-electron chi connectivity index (χ2n) is 5.47. The van der Waals surface area contributed by atoms with Crippen molar-refractivity contribution >= 4 is 42.6 Å². The van der Waals surface area contributed by atoms with E-state index in [1.807, 2.05) is 18.2 Å². The van der Waals surface area contributed by atoms with Crippen LogP contribution >= 0.6 is 31.9 Å². The lowest BCUT2D eigenvalue weighted by Crippen LogP contribution is -2.00. The molecule has 0 radical (unpaired) electrons. The summed E-state index contributed by atoms with van der Waals surface area (Å²) in [5.41, 5.74) is 0. The Hall–Kier alpha value is -0.940. The van der Waals surface area contributed by atoms with Gasteiger partial charge in [-0.2, -0.15) is 0 Å². The lowest BCUT2D eigenvalue weighted by Gasteiger charge is -2.14. The van der Waals surface area contributed by atoms with Crippen molar-refractivity contribution < 1.29 is 14.2 Å². The first kappa shape index (κ1) is 19.4. The zero-order chi connectivity index (χ0) is 17.2. The summed E-state index contributed by atoms with van der Waals surface area (Å²) in [6.45, 7) is 1.44. The van der Waals surface area contributed by atoms with E-state index in [9.17, 15) is 0 Å². The fourth-order valence-electron chi connectivity index (χ4n) is 2.44. The average molecular weight is 460 g/mol. The summed E-state index contributed by atoms with van der Waals surface area (Å²) in [5.74, 6) is 2.48. The van der Waals surface area contributed by atoms with Crippen LogP contribution in [0.3, 0.4) is 0 Å². The fourth-order valence-corrected chi connectivity index (χ4v) is 3.23. The molecule has 2 aromatic rings. The minimum absolute atomic E-state index is 0.697. The molecule has 3 nitrogen and oxygen atoms in total. The van der Waals surface area contributed by atoms with E-state index >= 15 is 0 Å². The number of methoxy groups -OCH3 is 1. The maximum Gasteiger partial charge on any atom is 0.168 e. The van der Waals surface area contributed by atoms with Crippen molar-refractivity contribution in [3.8, 4) is 17.2 Å². The number of halogens is 2. The van der Waals surface area contributed by atoms with Crippen molar-refractivity contribution in [2.45, 2.75) is 25.7 Å². The molecule has 0 saturated heterocycles. The molecular weight excluding hydrogens is 436 g/mol. The van der Waals surface area contributed by atoms with Gasteiger partial charge in [0.2, 0.25) is 0 Å². The van der Waals surface area contributed by atoms with Crippen molar-refractivity contribution in [1.82, 2.24) is 0 Å². The van der Waals surface area contributed by atoms with Crippen LogP contribution in [0.1, 0.15) is 25.7 Å². The molecule has 2 aromatic carbocycles. The molecule has 0 bridgehead atoms. The van der Waals surface area contributed by atoms with E-state index in [1.165, 1.54) is 0 Å². The predicted octanol–water partition coefficient (Wildman–Crippen LogP) is 5.96. The highest BCUT2D eigenvalue weighted by Crippen LogP contribution is 2.37. The van der Waals surface area contributed by atoms with Crippen LogP contribution < -0.4 is 14.2 Å². The summed E-state index contributed by atoms with van der Waals surface area (Å²) in [6.07, 6.45) is 4.30. The van der Waals surface area contributed by atoms with Gasteiger partial charge in [-0.05, 0) is 55.3 Å². The van der Waals surface area contributed by atoms with Crippen LogP contribution in [-0.4, -0.2) is 31.0 Å². The molecule has 0 atom stereocenters. The van der Waals surface area contributed by atoms with E-state index in [4.69, 9.17) is 14.2 Å². The summed E-state index contributed by atoms with van der Waals surface area (Å²) in [4.78, 5) is 0. The normalized spacial score (nSPS) is 10.8. The standard InChI is InChI=1S/C19H24Br2O3/c1-22-19-17-8-7-16(23-12-4-2-10-20)14-15(17)6-9-18(19)24-13-5-3-11-21/h6-9,14H,2-5,10-13H2,1H3. The summed E-state index contributed by atoms with van der Waals surface area (Å²) >= 11 is 6.87. The van der Waals surface area contributed by atoms with Gasteiger partial charge in [-0.3, -0.25) is 0 Å². The highest BCUT2D eigenvalue weighted by Gasteiger charge is 2.10. The first-order chi connectivity index (χ1) is 11.8. The molecule has 0 aliphatic rings. The number of unbranched alkanes of at least 4 members (excludes halogenated alkanes) is 2. The van der Waals surface area contributed by atoms with E-state index in [0.29, 0.717) is 6.61 Å². The van der Waals surface area contributed by atoms with Crippen molar-refractivity contribution in [2.75, 3.05) is 31.0 Å². The molecule has 0 fully saturated rings. The number of benzene rings is 2. The van der Waals surface area contributed by atoms with Gasteiger partial charge < -0.3 is 14.2 Å². The molecule has 0 aromatic heterocycles. The van der Waals surface area contributed by atoms with Gasteiger partial charge in [0.15, 0.2) is 11.5 Å². The third kappa shape index (κ3) is 5.55. The number of hydrogen-bond acceptors (Lipinski definition) is 3. The second-order valence-corrected chi connectivity index (χ2v) is 7.05. The SMILES string of the molecule is COc1c(OCCCCBr)ccc2cc(OCCCCBr)ccc12. The van der Waals surface area contributed by atoms with E-state index in [-0.39, 0.29) is 0 Å². The molecule has 0 N–H and O–H groups in total. The van der Waals surface area contributed by atoms with Crippen LogP contribution in [0.5, 0.6) is 17.2 Å². The third-order valence-electron chi connectivity index (χ3n) is 3.69. The van der Waals surface area contributed by atoms with Gasteiger partial charge >= 0.3 is 0 Å². The monoisotopic (exact) mass is 458 g/mol. The minimum atomic E-state index is 0.697. The van der Waals surface area contributed by atoms with Gasteiger partial charge in [0, 0.05) is 16.0 Å². The molecule has 24 heavy (non-hydrogen) atoms. The van der Waals surface area contributed by atoms with Gasteiger partial charge in [-0.1, -0.05) is 37.9 Å². The Kier molecular flexibility index (Phi) is 8.75. The highest BCUT2D eigenvalue weighted by atomic mass is 79.9. The van der Waals surface area contributed by atoms with Crippen molar-refractivity contribution in [3.63, 3.8) is 0 Å². The molecule has 0 aliphatic heterocycles. The predicted molar refractivity (Wildman–Crippen MR) is 108 cm³/mol. The fraction of sp³-hybridized carbons (Fsp3) is 0.474. The van der Waals surface area contributed by atoms with Crippen LogP contribution in [0.25, 0.3) is 10.8 Å². The maximum atomic E-state index is 5.88. The molecule has 5 heteroatoms. The zero-order valence-corrected chi connectivity index (χ0v) is 17.2. The van der Waals surface area contributed by atoms with E-state index in [0.717, 1.165) is 71.0 Å². The molecule has 0 saturated carbocycles. The molecule has 0 heterocycles. The Morgan fingerprint density at radius 2 is 1.54 bits per heavy atom. The molecule has 0 unspecified atom stereocenters. The Bertz CT molecular complexity index is 631. The lowest BCUT2D eigenvalue weighted by molar-refractivity contribution is 0.290. The Balaban J connectivity index is 2.10. The number of alkyl halides is 2. The molecule has 0 amide bonds. The van der Waals surface area contributed by atoms with Gasteiger partial charge in [0.25, 0.3) is 0 Å². The number of ether oxygens (including phenoxy) is 3. The number of fused-ring (bicyclic) bond motifs is 1. The Morgan fingerprint density at radius 1 is 0.833 bits per heavy atom. The third-order valence-corrected chi connectivity index (χ3v) is 4.81. The molecule has 132 valence electrons. The summed E-state index contributed by atoms with van der Waals surface area (Å²) < 4.78 is 17.3. The first-order valence-corrected chi connectivity index (χ1v) is 10.5. The number of hydrogen-bond donors (Lipinski definition) is 0. The van der Waals surface area contributed by atoms with Crippen molar-refractivity contribution in [2.24, 2.45) is 0 Å². The van der Waals surface area contributed by atoms with E-state index in [2.05, 4.69) is 44.0 Å². The van der Waals surface area contributed by atoms with Crippen molar-refractivity contribution in [3.05, 3.63) is 30.3 Å². The van der Waals surface area contributed by atoms with Gasteiger partial charge in [-0.25, -0.2) is 0 Å². The highest BCUT2D eigenvalue weighted by molar-refractivity contribution is 9.09. The number of rotatable bonds is 11. The van der Waals surface area contributed by atoms with Gasteiger partial charge in [0.1, 0.15) is 5.75 Å². The minimum Gasteiger partial charge on any atom is -0.494 e. The van der Waals surface area contributed by atoms with Gasteiger partial charge in [-0.15, -0.1) is 0 Å². The molecular formula is C19H24Br2O3. The first-order valence-electron chi connectivity index (χ1n) is 8.28. The van der Waals surface area contributed by atoms with Crippen LogP contribution in [0, 0.1) is 0 Å². The van der Waals surface area contributed by atoms with Crippen LogP contribution in [-0.2, 0) is 0 Å². The molecule has 0 spiro atoms. The Morgan fingerprint density at radius 3 is 2.21 bits per heavy atom. The van der Waals surface area contributed by atoms with Gasteiger partial charge in [0.05, 0.1) is 20.3 Å². The van der Waals surface area contributed by atoms with E-state index in [1.54, 1.807) is 7.11 Å². The summed E-state index contributed by atoms with van der Waals surface area (Å²) in [7, 11) is 1.69.